The van der Waals surface area contributed by atoms with Gasteiger partial charge in [-0.25, -0.2) is 0 Å². The molecule has 2 unspecified atom stereocenters. The molecule has 4 bridgehead atoms. The van der Waals surface area contributed by atoms with E-state index in [0.717, 1.165) is 29.6 Å². The number of hydrogen-bond donors (Lipinski definition) is 1. The zero-order valence-corrected chi connectivity index (χ0v) is 11.4. The largest absolute Gasteiger partial charge is 0.466 e. The van der Waals surface area contributed by atoms with E-state index in [1.54, 1.807) is 0 Å². The van der Waals surface area contributed by atoms with E-state index in [9.17, 15) is 0 Å². The van der Waals surface area contributed by atoms with Crippen molar-refractivity contribution in [2.75, 3.05) is 7.05 Å². The lowest BCUT2D eigenvalue weighted by molar-refractivity contribution is -0.0410. The number of nitrogens with one attached hydrogen (secondary N) is 1. The summed E-state index contributed by atoms with van der Waals surface area (Å²) >= 11 is 0. The van der Waals surface area contributed by atoms with Crippen LogP contribution in [0.15, 0.2) is 16.5 Å². The third-order valence-corrected chi connectivity index (χ3v) is 5.87. The van der Waals surface area contributed by atoms with Crippen molar-refractivity contribution in [3.8, 4) is 0 Å². The van der Waals surface area contributed by atoms with Crippen LogP contribution in [0, 0.1) is 24.7 Å². The van der Waals surface area contributed by atoms with Gasteiger partial charge in [0, 0.05) is 11.5 Å². The van der Waals surface area contributed by atoms with Crippen molar-refractivity contribution in [3.05, 3.63) is 23.7 Å². The minimum absolute atomic E-state index is 0.387. The molecule has 0 aliphatic heterocycles. The van der Waals surface area contributed by atoms with Gasteiger partial charge in [-0.15, -0.1) is 0 Å². The molecule has 0 amide bonds. The molecule has 4 saturated carbocycles. The zero-order valence-electron chi connectivity index (χ0n) is 11.4. The summed E-state index contributed by atoms with van der Waals surface area (Å²) in [5.41, 5.74) is 0.387. The molecule has 2 atom stereocenters. The minimum atomic E-state index is 0.387. The fraction of sp³-hybridized carbons (Fsp3) is 0.750. The fourth-order valence-electron chi connectivity index (χ4n) is 5.52. The second-order valence-corrected chi connectivity index (χ2v) is 6.98. The van der Waals surface area contributed by atoms with Gasteiger partial charge >= 0.3 is 0 Å². The average molecular weight is 245 g/mol. The molecule has 1 aromatic heterocycles. The molecular formula is C16H23NO. The maximum Gasteiger partial charge on any atom is 0.110 e. The van der Waals surface area contributed by atoms with Gasteiger partial charge < -0.3 is 9.73 Å². The summed E-state index contributed by atoms with van der Waals surface area (Å²) in [4.78, 5) is 0. The Kier molecular flexibility index (Phi) is 2.24. The quantitative estimate of drug-likeness (QED) is 0.865. The molecular weight excluding hydrogens is 222 g/mol. The zero-order chi connectivity index (χ0) is 12.3. The molecule has 0 radical (unpaired) electrons. The maximum absolute atomic E-state index is 6.02. The Morgan fingerprint density at radius 1 is 1.17 bits per heavy atom. The third kappa shape index (κ3) is 1.38. The summed E-state index contributed by atoms with van der Waals surface area (Å²) in [6.45, 7) is 2.07. The molecule has 0 aromatic carbocycles. The van der Waals surface area contributed by atoms with Gasteiger partial charge in [-0.05, 0) is 76.0 Å². The predicted molar refractivity (Wildman–Crippen MR) is 71.5 cm³/mol. The van der Waals surface area contributed by atoms with Gasteiger partial charge in [0.25, 0.3) is 0 Å². The van der Waals surface area contributed by atoms with E-state index in [0.29, 0.717) is 5.41 Å². The van der Waals surface area contributed by atoms with Crippen molar-refractivity contribution >= 4 is 0 Å². The summed E-state index contributed by atoms with van der Waals surface area (Å²) in [7, 11) is 2.15. The number of rotatable bonds is 2. The highest BCUT2D eigenvalue weighted by atomic mass is 16.3. The van der Waals surface area contributed by atoms with E-state index in [-0.39, 0.29) is 0 Å². The standard InChI is InChI=1S/C16H23NO/c1-10-3-4-14(18-10)16-7-11-5-12(8-16)15(17-2)13(6-11)9-16/h3-4,11-13,15,17H,5-9H2,1-2H3. The van der Waals surface area contributed by atoms with E-state index >= 15 is 0 Å². The highest BCUT2D eigenvalue weighted by molar-refractivity contribution is 5.24. The first-order valence-electron chi connectivity index (χ1n) is 7.44. The van der Waals surface area contributed by atoms with Gasteiger partial charge in [0.15, 0.2) is 0 Å². The Bertz CT molecular complexity index is 447. The number of aryl methyl sites for hydroxylation is 1. The Hall–Kier alpha value is -0.760. The molecule has 2 nitrogen and oxygen atoms in total. The Morgan fingerprint density at radius 2 is 1.89 bits per heavy atom. The van der Waals surface area contributed by atoms with Crippen LogP contribution >= 0.6 is 0 Å². The van der Waals surface area contributed by atoms with Gasteiger partial charge in [0.1, 0.15) is 11.5 Å². The topological polar surface area (TPSA) is 25.2 Å². The third-order valence-electron chi connectivity index (χ3n) is 5.87. The molecule has 1 N–H and O–H groups in total. The maximum atomic E-state index is 6.02. The molecule has 1 aromatic rings. The second-order valence-electron chi connectivity index (χ2n) is 6.98. The second kappa shape index (κ2) is 3.63. The van der Waals surface area contributed by atoms with Crippen LogP contribution in [0.2, 0.25) is 0 Å². The molecule has 0 saturated heterocycles. The van der Waals surface area contributed by atoms with Crippen molar-refractivity contribution in [1.82, 2.24) is 5.32 Å². The molecule has 5 rings (SSSR count). The summed E-state index contributed by atoms with van der Waals surface area (Å²) in [6, 6.07) is 5.16. The lowest BCUT2D eigenvalue weighted by Gasteiger charge is -2.59. The number of furan rings is 1. The first-order valence-corrected chi connectivity index (χ1v) is 7.44. The number of hydrogen-bond acceptors (Lipinski definition) is 2. The lowest BCUT2D eigenvalue weighted by Crippen LogP contribution is -2.58. The van der Waals surface area contributed by atoms with Crippen LogP contribution in [0.3, 0.4) is 0 Å². The summed E-state index contributed by atoms with van der Waals surface area (Å²) in [5.74, 6) is 5.08. The van der Waals surface area contributed by atoms with Gasteiger partial charge in [-0.1, -0.05) is 0 Å². The molecule has 98 valence electrons. The molecule has 2 heteroatoms. The predicted octanol–water partition coefficient (Wildman–Crippen LogP) is 3.25. The van der Waals surface area contributed by atoms with E-state index in [2.05, 4.69) is 31.4 Å². The van der Waals surface area contributed by atoms with Gasteiger partial charge in [-0.2, -0.15) is 0 Å². The average Bonchev–Trinajstić information content (AvgIpc) is 2.76. The van der Waals surface area contributed by atoms with Crippen LogP contribution < -0.4 is 5.32 Å². The van der Waals surface area contributed by atoms with E-state index in [1.165, 1.54) is 37.9 Å². The Balaban J connectivity index is 1.72. The van der Waals surface area contributed by atoms with Crippen LogP contribution in [0.25, 0.3) is 0 Å². The molecule has 18 heavy (non-hydrogen) atoms. The normalized spacial score (nSPS) is 45.7. The smallest absolute Gasteiger partial charge is 0.110 e. The highest BCUT2D eigenvalue weighted by Crippen LogP contribution is 2.60. The van der Waals surface area contributed by atoms with E-state index < -0.39 is 0 Å². The van der Waals surface area contributed by atoms with Crippen LogP contribution in [-0.2, 0) is 5.41 Å². The Labute approximate surface area is 109 Å². The molecule has 1 heterocycles. The van der Waals surface area contributed by atoms with Crippen molar-refractivity contribution in [3.63, 3.8) is 0 Å². The van der Waals surface area contributed by atoms with Gasteiger partial charge in [-0.3, -0.25) is 0 Å². The summed E-state index contributed by atoms with van der Waals surface area (Å²) < 4.78 is 6.02. The molecule has 4 aliphatic rings. The van der Waals surface area contributed by atoms with E-state index in [1.807, 2.05) is 0 Å². The van der Waals surface area contributed by atoms with Gasteiger partial charge in [0.05, 0.1) is 0 Å². The first-order chi connectivity index (χ1) is 8.70. The Morgan fingerprint density at radius 3 is 2.44 bits per heavy atom. The summed E-state index contributed by atoms with van der Waals surface area (Å²) in [6.07, 6.45) is 6.97. The van der Waals surface area contributed by atoms with Crippen LogP contribution in [0.4, 0.5) is 0 Å². The van der Waals surface area contributed by atoms with Crippen LogP contribution in [-0.4, -0.2) is 13.1 Å². The van der Waals surface area contributed by atoms with Gasteiger partial charge in [0.2, 0.25) is 0 Å². The highest BCUT2D eigenvalue weighted by Gasteiger charge is 2.56. The lowest BCUT2D eigenvalue weighted by atomic mass is 9.47. The van der Waals surface area contributed by atoms with Crippen LogP contribution in [0.5, 0.6) is 0 Å². The monoisotopic (exact) mass is 245 g/mol. The molecule has 4 aliphatic carbocycles. The molecule has 4 fully saturated rings. The van der Waals surface area contributed by atoms with Crippen LogP contribution in [0.1, 0.15) is 43.6 Å². The SMILES string of the molecule is CNC1C2CC3CC1CC(c1ccc(C)o1)(C3)C2. The first kappa shape index (κ1) is 11.1. The van der Waals surface area contributed by atoms with E-state index in [4.69, 9.17) is 4.42 Å². The van der Waals surface area contributed by atoms with Crippen molar-refractivity contribution in [2.45, 2.75) is 50.5 Å². The minimum Gasteiger partial charge on any atom is -0.466 e. The summed E-state index contributed by atoms with van der Waals surface area (Å²) in [5, 5.41) is 3.59. The van der Waals surface area contributed by atoms with Crippen molar-refractivity contribution < 1.29 is 4.42 Å². The van der Waals surface area contributed by atoms with Crippen molar-refractivity contribution in [2.24, 2.45) is 17.8 Å². The molecule has 0 spiro atoms. The van der Waals surface area contributed by atoms with Crippen molar-refractivity contribution in [1.29, 1.82) is 0 Å². The fourth-order valence-corrected chi connectivity index (χ4v) is 5.52.